The largest absolute Gasteiger partial charge is 0.309 e. The summed E-state index contributed by atoms with van der Waals surface area (Å²) >= 11 is 1.58. The number of anilines is 1. The lowest BCUT2D eigenvalue weighted by molar-refractivity contribution is 0.0974. The Labute approximate surface area is 182 Å². The topological polar surface area (TPSA) is 54.3 Å². The highest BCUT2D eigenvalue weighted by Gasteiger charge is 2.25. The van der Waals surface area contributed by atoms with Gasteiger partial charge >= 0.3 is 0 Å². The number of hydrogen-bond acceptors (Lipinski definition) is 5. The highest BCUT2D eigenvalue weighted by Crippen LogP contribution is 2.32. The van der Waals surface area contributed by atoms with Crippen LogP contribution in [0.2, 0.25) is 0 Å². The van der Waals surface area contributed by atoms with E-state index in [1.165, 1.54) is 5.56 Å². The van der Waals surface area contributed by atoms with Gasteiger partial charge in [0.1, 0.15) is 5.69 Å². The van der Waals surface area contributed by atoms with E-state index in [2.05, 4.69) is 36.0 Å². The van der Waals surface area contributed by atoms with Crippen LogP contribution in [0.15, 0.2) is 24.4 Å². The van der Waals surface area contributed by atoms with Gasteiger partial charge in [-0.3, -0.25) is 14.4 Å². The third kappa shape index (κ3) is 5.15. The van der Waals surface area contributed by atoms with E-state index in [1.807, 2.05) is 32.8 Å². The highest BCUT2D eigenvalue weighted by atomic mass is 35.5. The molecule has 0 radical (unpaired) electrons. The smallest absolute Gasteiger partial charge is 0.278 e. The summed E-state index contributed by atoms with van der Waals surface area (Å²) < 4.78 is 2.90. The molecule has 0 aliphatic carbocycles. The van der Waals surface area contributed by atoms with Crippen molar-refractivity contribution < 1.29 is 4.79 Å². The molecule has 0 N–H and O–H groups in total. The molecule has 0 aliphatic heterocycles. The summed E-state index contributed by atoms with van der Waals surface area (Å²) in [6, 6.07) is 6.20. The van der Waals surface area contributed by atoms with Crippen LogP contribution in [0.25, 0.3) is 10.2 Å². The highest BCUT2D eigenvalue weighted by molar-refractivity contribution is 7.22. The Hall–Kier alpha value is -1.96. The zero-order chi connectivity index (χ0) is 20.4. The van der Waals surface area contributed by atoms with E-state index >= 15 is 0 Å². The first kappa shape index (κ1) is 23.3. The van der Waals surface area contributed by atoms with E-state index in [0.717, 1.165) is 33.9 Å². The number of rotatable bonds is 7. The third-order valence-corrected chi connectivity index (χ3v) is 5.69. The van der Waals surface area contributed by atoms with Gasteiger partial charge < -0.3 is 4.90 Å². The number of hydrogen-bond donors (Lipinski definition) is 0. The van der Waals surface area contributed by atoms with Crippen molar-refractivity contribution in [3.05, 3.63) is 41.2 Å². The maximum atomic E-state index is 13.5. The van der Waals surface area contributed by atoms with Gasteiger partial charge in [-0.15, -0.1) is 12.4 Å². The normalized spacial score (nSPS) is 11.3. The number of amides is 1. The Bertz CT molecular complexity index is 979. The maximum Gasteiger partial charge on any atom is 0.278 e. The van der Waals surface area contributed by atoms with E-state index in [9.17, 15) is 4.79 Å². The lowest BCUT2D eigenvalue weighted by Gasteiger charge is -2.22. The lowest BCUT2D eigenvalue weighted by Crippen LogP contribution is -2.35. The minimum atomic E-state index is -0.0432. The summed E-state index contributed by atoms with van der Waals surface area (Å²) in [4.78, 5) is 22.2. The summed E-state index contributed by atoms with van der Waals surface area (Å²) in [5, 5.41) is 5.09. The average molecular weight is 436 g/mol. The molecule has 8 heteroatoms. The third-order valence-electron chi connectivity index (χ3n) is 4.66. The lowest BCUT2D eigenvalue weighted by atomic mass is 10.1. The molecule has 2 aromatic heterocycles. The molecule has 0 unspecified atom stereocenters. The van der Waals surface area contributed by atoms with Crippen molar-refractivity contribution in [2.75, 3.05) is 32.1 Å². The second-order valence-corrected chi connectivity index (χ2v) is 8.80. The van der Waals surface area contributed by atoms with Crippen LogP contribution in [0.1, 0.15) is 47.9 Å². The van der Waals surface area contributed by atoms with Crippen molar-refractivity contribution in [2.24, 2.45) is 0 Å². The van der Waals surface area contributed by atoms with E-state index in [1.54, 1.807) is 28.3 Å². The van der Waals surface area contributed by atoms with Crippen LogP contribution in [0.5, 0.6) is 0 Å². The number of halogens is 1. The number of carbonyl (C=O) groups is 1. The van der Waals surface area contributed by atoms with Gasteiger partial charge in [-0.2, -0.15) is 5.10 Å². The molecule has 0 bridgehead atoms. The average Bonchev–Trinajstić information content (AvgIpc) is 3.24. The molecule has 3 aromatic rings. The quantitative estimate of drug-likeness (QED) is 0.539. The van der Waals surface area contributed by atoms with Gasteiger partial charge in [0.2, 0.25) is 0 Å². The van der Waals surface area contributed by atoms with Gasteiger partial charge in [0.05, 0.1) is 10.2 Å². The van der Waals surface area contributed by atoms with E-state index in [-0.39, 0.29) is 24.4 Å². The van der Waals surface area contributed by atoms with Crippen LogP contribution in [0, 0.1) is 13.8 Å². The van der Waals surface area contributed by atoms with Crippen molar-refractivity contribution in [3.63, 3.8) is 0 Å². The summed E-state index contributed by atoms with van der Waals surface area (Å²) in [6.45, 7) is 9.76. The molecule has 2 heterocycles. The van der Waals surface area contributed by atoms with Crippen molar-refractivity contribution in [3.8, 4) is 0 Å². The fourth-order valence-electron chi connectivity index (χ4n) is 3.34. The molecule has 3 rings (SSSR count). The second-order valence-electron chi connectivity index (χ2n) is 7.79. The molecule has 0 fully saturated rings. The summed E-state index contributed by atoms with van der Waals surface area (Å²) in [7, 11) is 4.09. The molecule has 0 atom stereocenters. The Kier molecular flexibility index (Phi) is 7.80. The minimum Gasteiger partial charge on any atom is -0.309 e. The summed E-state index contributed by atoms with van der Waals surface area (Å²) in [5.41, 5.74) is 3.94. The van der Waals surface area contributed by atoms with Gasteiger partial charge in [0.25, 0.3) is 5.91 Å². The number of carbonyl (C=O) groups excluding carboxylic acids is 1. The van der Waals surface area contributed by atoms with Crippen molar-refractivity contribution in [2.45, 2.75) is 40.2 Å². The SMILES string of the molecule is Cc1cc(C)c2nc(N(CCCN(C)C)C(=O)c3ccnn3C(C)C)sc2c1.Cl. The Morgan fingerprint density at radius 3 is 2.59 bits per heavy atom. The van der Waals surface area contributed by atoms with Crippen LogP contribution < -0.4 is 4.90 Å². The van der Waals surface area contributed by atoms with Crippen molar-refractivity contribution in [1.29, 1.82) is 0 Å². The molecule has 0 spiro atoms. The van der Waals surface area contributed by atoms with Crippen molar-refractivity contribution >= 4 is 45.0 Å². The first-order chi connectivity index (χ1) is 13.3. The number of fused-ring (bicyclic) bond motifs is 1. The van der Waals surface area contributed by atoms with Crippen LogP contribution >= 0.6 is 23.7 Å². The fourth-order valence-corrected chi connectivity index (χ4v) is 4.50. The van der Waals surface area contributed by atoms with E-state index in [4.69, 9.17) is 4.98 Å². The number of aryl methyl sites for hydroxylation is 2. The first-order valence-electron chi connectivity index (χ1n) is 9.66. The van der Waals surface area contributed by atoms with Gasteiger partial charge in [-0.05, 0) is 78.0 Å². The molecule has 0 saturated carbocycles. The maximum absolute atomic E-state index is 13.5. The van der Waals surface area contributed by atoms with Crippen LogP contribution in [-0.4, -0.2) is 52.8 Å². The van der Waals surface area contributed by atoms with Gasteiger partial charge in [0.15, 0.2) is 5.13 Å². The van der Waals surface area contributed by atoms with Crippen LogP contribution in [-0.2, 0) is 0 Å². The Morgan fingerprint density at radius 2 is 1.93 bits per heavy atom. The van der Waals surface area contributed by atoms with Crippen molar-refractivity contribution in [1.82, 2.24) is 19.7 Å². The molecule has 158 valence electrons. The molecule has 1 amide bonds. The minimum absolute atomic E-state index is 0. The number of benzene rings is 1. The molecule has 29 heavy (non-hydrogen) atoms. The Morgan fingerprint density at radius 1 is 1.21 bits per heavy atom. The zero-order valence-corrected chi connectivity index (χ0v) is 19.6. The van der Waals surface area contributed by atoms with E-state index < -0.39 is 0 Å². The number of nitrogens with zero attached hydrogens (tertiary/aromatic N) is 5. The fraction of sp³-hybridized carbons (Fsp3) is 0.476. The first-order valence-corrected chi connectivity index (χ1v) is 10.5. The standard InChI is InChI=1S/C21H29N5OS.ClH/c1-14(2)26-17(8-9-22-26)20(27)25(11-7-10-24(5)6)21-23-19-16(4)12-15(3)13-18(19)28-21;/h8-9,12-14H,7,10-11H2,1-6H3;1H. The van der Waals surface area contributed by atoms with Gasteiger partial charge in [-0.1, -0.05) is 17.4 Å². The molecule has 0 saturated heterocycles. The van der Waals surface area contributed by atoms with E-state index in [0.29, 0.717) is 12.2 Å². The predicted octanol–water partition coefficient (Wildman–Crippen LogP) is 4.71. The zero-order valence-electron chi connectivity index (χ0n) is 18.0. The van der Waals surface area contributed by atoms with Crippen LogP contribution in [0.3, 0.4) is 0 Å². The second kappa shape index (κ2) is 9.69. The number of thiazole rings is 1. The Balaban J connectivity index is 0.00000300. The number of aromatic nitrogens is 3. The molecule has 6 nitrogen and oxygen atoms in total. The molecule has 0 aliphatic rings. The molecular formula is C21H30ClN5OS. The summed E-state index contributed by atoms with van der Waals surface area (Å²) in [5.74, 6) is -0.0432. The molecular weight excluding hydrogens is 406 g/mol. The molecule has 1 aromatic carbocycles. The summed E-state index contributed by atoms with van der Waals surface area (Å²) in [6.07, 6.45) is 2.57. The predicted molar refractivity (Wildman–Crippen MR) is 124 cm³/mol. The monoisotopic (exact) mass is 435 g/mol. The van der Waals surface area contributed by atoms with Gasteiger partial charge in [-0.25, -0.2) is 4.98 Å². The van der Waals surface area contributed by atoms with Crippen LogP contribution in [0.4, 0.5) is 5.13 Å². The van der Waals surface area contributed by atoms with Gasteiger partial charge in [0, 0.05) is 18.8 Å².